The van der Waals surface area contributed by atoms with Crippen LogP contribution in [0, 0.1) is 0 Å². The van der Waals surface area contributed by atoms with Gasteiger partial charge in [0.15, 0.2) is 5.78 Å². The first-order chi connectivity index (χ1) is 12.3. The Labute approximate surface area is 162 Å². The third-order valence-electron chi connectivity index (χ3n) is 3.86. The van der Waals surface area contributed by atoms with E-state index in [1.165, 1.54) is 0 Å². The Balaban J connectivity index is 1.95. The minimum atomic E-state index is -4.03. The molecule has 26 heavy (non-hydrogen) atoms. The van der Waals surface area contributed by atoms with E-state index in [0.29, 0.717) is 40.0 Å². The maximum atomic E-state index is 12.8. The first-order valence-corrected chi connectivity index (χ1v) is 10.2. The lowest BCUT2D eigenvalue weighted by Crippen LogP contribution is -2.27. The summed E-state index contributed by atoms with van der Waals surface area (Å²) in [6, 6.07) is 13.1. The molecule has 0 amide bonds. The number of Topliss-reactive ketones (excluding diaryl/α,β-unsaturated/α-hetero) is 1. The van der Waals surface area contributed by atoms with Gasteiger partial charge in [-0.1, -0.05) is 23.2 Å². The lowest BCUT2D eigenvalue weighted by atomic mass is 10.0. The average Bonchev–Trinajstić information content (AvgIpc) is 2.59. The summed E-state index contributed by atoms with van der Waals surface area (Å²) in [6.07, 6.45) is 1.25. The zero-order chi connectivity index (χ0) is 18.7. The molecule has 0 unspecified atom stereocenters. The molecule has 5 nitrogen and oxygen atoms in total. The van der Waals surface area contributed by atoms with E-state index in [2.05, 4.69) is 10.0 Å². The van der Waals surface area contributed by atoms with Crippen LogP contribution in [0.4, 0.5) is 11.4 Å². The molecule has 0 atom stereocenters. The molecule has 0 bridgehead atoms. The number of hydrogen-bond donors (Lipinski definition) is 2. The molecule has 0 aromatic heterocycles. The molecule has 1 aliphatic carbocycles. The number of rotatable bonds is 5. The molecule has 1 aliphatic rings. The smallest absolute Gasteiger partial charge is 0.267 e. The van der Waals surface area contributed by atoms with E-state index in [-0.39, 0.29) is 11.3 Å². The molecule has 8 heteroatoms. The van der Waals surface area contributed by atoms with Gasteiger partial charge >= 0.3 is 0 Å². The topological polar surface area (TPSA) is 75.3 Å². The summed E-state index contributed by atoms with van der Waals surface area (Å²) in [5.41, 5.74) is 1.38. The van der Waals surface area contributed by atoms with Gasteiger partial charge in [0.1, 0.15) is 4.91 Å². The summed E-state index contributed by atoms with van der Waals surface area (Å²) in [5, 5.41) is 4.11. The van der Waals surface area contributed by atoms with Crippen LogP contribution >= 0.6 is 23.2 Å². The predicted octanol–water partition coefficient (Wildman–Crippen LogP) is 4.81. The number of carbonyl (C=O) groups is 1. The summed E-state index contributed by atoms with van der Waals surface area (Å²) in [5.74, 6) is -0.408. The lowest BCUT2D eigenvalue weighted by molar-refractivity contribution is -0.115. The Morgan fingerprint density at radius 1 is 0.808 bits per heavy atom. The fourth-order valence-corrected chi connectivity index (χ4v) is 4.36. The molecule has 0 fully saturated rings. The normalized spacial score (nSPS) is 15.1. The van der Waals surface area contributed by atoms with Gasteiger partial charge in [0, 0.05) is 33.5 Å². The quantitative estimate of drug-likeness (QED) is 0.741. The van der Waals surface area contributed by atoms with Gasteiger partial charge in [0.2, 0.25) is 0 Å². The van der Waals surface area contributed by atoms with Crippen molar-refractivity contribution in [3.05, 3.63) is 69.2 Å². The van der Waals surface area contributed by atoms with Crippen LogP contribution in [0.2, 0.25) is 10.0 Å². The van der Waals surface area contributed by atoms with Gasteiger partial charge in [0.25, 0.3) is 10.0 Å². The van der Waals surface area contributed by atoms with Crippen molar-refractivity contribution in [3.8, 4) is 0 Å². The fraction of sp³-hybridized carbons (Fsp3) is 0.167. The van der Waals surface area contributed by atoms with Crippen molar-refractivity contribution in [2.75, 3.05) is 10.0 Å². The molecule has 2 N–H and O–H groups in total. The van der Waals surface area contributed by atoms with Crippen molar-refractivity contribution in [2.24, 2.45) is 0 Å². The number of benzene rings is 2. The summed E-state index contributed by atoms with van der Waals surface area (Å²) in [7, 11) is -4.03. The summed E-state index contributed by atoms with van der Waals surface area (Å²) in [4.78, 5) is 12.2. The van der Waals surface area contributed by atoms with E-state index in [4.69, 9.17) is 23.2 Å². The molecule has 0 saturated heterocycles. The van der Waals surface area contributed by atoms with Crippen molar-refractivity contribution in [2.45, 2.75) is 19.3 Å². The van der Waals surface area contributed by atoms with Gasteiger partial charge in [-0.15, -0.1) is 0 Å². The number of sulfonamides is 1. The molecule has 0 saturated carbocycles. The number of anilines is 2. The minimum absolute atomic E-state index is 0.197. The van der Waals surface area contributed by atoms with Crippen LogP contribution in [-0.4, -0.2) is 14.2 Å². The van der Waals surface area contributed by atoms with E-state index in [1.54, 1.807) is 48.5 Å². The Morgan fingerprint density at radius 3 is 1.92 bits per heavy atom. The predicted molar refractivity (Wildman–Crippen MR) is 105 cm³/mol. The molecule has 3 rings (SSSR count). The monoisotopic (exact) mass is 410 g/mol. The third-order valence-corrected chi connectivity index (χ3v) is 5.88. The number of carbonyl (C=O) groups excluding carboxylic acids is 1. The van der Waals surface area contributed by atoms with Crippen molar-refractivity contribution in [3.63, 3.8) is 0 Å². The molecule has 0 aliphatic heterocycles. The van der Waals surface area contributed by atoms with Crippen LogP contribution in [0.5, 0.6) is 0 Å². The number of hydrogen-bond acceptors (Lipinski definition) is 4. The highest BCUT2D eigenvalue weighted by Gasteiger charge is 2.31. The molecule has 136 valence electrons. The van der Waals surface area contributed by atoms with E-state index in [0.717, 1.165) is 0 Å². The van der Waals surface area contributed by atoms with Crippen LogP contribution in [-0.2, 0) is 14.8 Å². The Kier molecular flexibility index (Phi) is 5.55. The summed E-state index contributed by atoms with van der Waals surface area (Å²) >= 11 is 11.7. The lowest BCUT2D eigenvalue weighted by Gasteiger charge is -2.21. The molecular formula is C18H16Cl2N2O3S. The Bertz CT molecular complexity index is 953. The molecule has 0 spiro atoms. The largest absolute Gasteiger partial charge is 0.358 e. The average molecular weight is 411 g/mol. The van der Waals surface area contributed by atoms with Crippen LogP contribution in [0.25, 0.3) is 0 Å². The Morgan fingerprint density at radius 2 is 1.35 bits per heavy atom. The van der Waals surface area contributed by atoms with Crippen molar-refractivity contribution < 1.29 is 13.2 Å². The standard InChI is InChI=1S/C18H16Cl2N2O3S/c19-12-4-8-14(9-5-12)21-16-2-1-3-17(23)18(16)26(24,25)22-15-10-6-13(20)7-11-15/h4-11,21-22H,1-3H2. The molecule has 0 radical (unpaired) electrons. The zero-order valence-electron chi connectivity index (χ0n) is 13.6. The highest BCUT2D eigenvalue weighted by molar-refractivity contribution is 7.97. The van der Waals surface area contributed by atoms with Gasteiger partial charge in [-0.05, 0) is 61.4 Å². The van der Waals surface area contributed by atoms with Crippen LogP contribution in [0.1, 0.15) is 19.3 Å². The van der Waals surface area contributed by atoms with E-state index in [9.17, 15) is 13.2 Å². The molecule has 2 aromatic carbocycles. The van der Waals surface area contributed by atoms with Gasteiger partial charge < -0.3 is 5.32 Å². The second kappa shape index (κ2) is 7.70. The van der Waals surface area contributed by atoms with E-state index in [1.807, 2.05) is 0 Å². The van der Waals surface area contributed by atoms with Crippen LogP contribution < -0.4 is 10.0 Å². The van der Waals surface area contributed by atoms with Gasteiger partial charge in [-0.25, -0.2) is 8.42 Å². The van der Waals surface area contributed by atoms with Gasteiger partial charge in [-0.3, -0.25) is 9.52 Å². The number of ketones is 1. The minimum Gasteiger partial charge on any atom is -0.358 e. The van der Waals surface area contributed by atoms with Gasteiger partial charge in [-0.2, -0.15) is 0 Å². The first-order valence-electron chi connectivity index (χ1n) is 7.92. The van der Waals surface area contributed by atoms with Crippen molar-refractivity contribution in [1.82, 2.24) is 0 Å². The maximum Gasteiger partial charge on any atom is 0.267 e. The highest BCUT2D eigenvalue weighted by Crippen LogP contribution is 2.29. The number of halogens is 2. The summed E-state index contributed by atoms with van der Waals surface area (Å²) in [6.45, 7) is 0. The first kappa shape index (κ1) is 18.8. The van der Waals surface area contributed by atoms with Crippen molar-refractivity contribution >= 4 is 50.4 Å². The summed E-state index contributed by atoms with van der Waals surface area (Å²) < 4.78 is 28.1. The number of allylic oxidation sites excluding steroid dienone is 2. The van der Waals surface area contributed by atoms with E-state index >= 15 is 0 Å². The molecular weight excluding hydrogens is 395 g/mol. The Hall–Kier alpha value is -2.02. The second-order valence-corrected chi connectivity index (χ2v) is 8.32. The third kappa shape index (κ3) is 4.38. The van der Waals surface area contributed by atoms with Crippen molar-refractivity contribution in [1.29, 1.82) is 0 Å². The number of nitrogens with one attached hydrogen (secondary N) is 2. The van der Waals surface area contributed by atoms with E-state index < -0.39 is 15.8 Å². The van der Waals surface area contributed by atoms with Gasteiger partial charge in [0.05, 0.1) is 0 Å². The van der Waals surface area contributed by atoms with Crippen LogP contribution in [0.15, 0.2) is 59.1 Å². The molecule has 0 heterocycles. The van der Waals surface area contributed by atoms with Crippen LogP contribution in [0.3, 0.4) is 0 Å². The zero-order valence-corrected chi connectivity index (χ0v) is 16.0. The fourth-order valence-electron chi connectivity index (χ4n) is 2.68. The SMILES string of the molecule is O=C1CCCC(Nc2ccc(Cl)cc2)=C1S(=O)(=O)Nc1ccc(Cl)cc1. The second-order valence-electron chi connectivity index (χ2n) is 5.83. The maximum absolute atomic E-state index is 12.8. The molecule has 2 aromatic rings. The highest BCUT2D eigenvalue weighted by atomic mass is 35.5.